The topological polar surface area (TPSA) is 69.7 Å². The summed E-state index contributed by atoms with van der Waals surface area (Å²) in [6.45, 7) is 1.32. The van der Waals surface area contributed by atoms with Crippen LogP contribution in [0.3, 0.4) is 0 Å². The van der Waals surface area contributed by atoms with Crippen molar-refractivity contribution < 1.29 is 14.4 Å². The molecule has 3 heterocycles. The highest BCUT2D eigenvalue weighted by Gasteiger charge is 2.68. The van der Waals surface area contributed by atoms with Crippen LogP contribution in [0, 0.1) is 11.8 Å². The van der Waals surface area contributed by atoms with E-state index in [4.69, 9.17) is 0 Å². The van der Waals surface area contributed by atoms with Crippen molar-refractivity contribution in [1.82, 2.24) is 15.1 Å². The summed E-state index contributed by atoms with van der Waals surface area (Å²) >= 11 is 3.47. The molecular formula is C30H28BrN3O3. The highest BCUT2D eigenvalue weighted by Crippen LogP contribution is 2.52. The van der Waals surface area contributed by atoms with Gasteiger partial charge in [-0.2, -0.15) is 0 Å². The second-order valence-corrected chi connectivity index (χ2v) is 11.1. The molecule has 3 aromatic carbocycles. The van der Waals surface area contributed by atoms with E-state index in [2.05, 4.69) is 21.2 Å². The molecule has 3 saturated heterocycles. The number of nitrogens with zero attached hydrogens (tertiary/aromatic N) is 2. The number of carbonyl (C=O) groups is 3. The summed E-state index contributed by atoms with van der Waals surface area (Å²) in [5.41, 5.74) is 1.75. The predicted octanol–water partition coefficient (Wildman–Crippen LogP) is 4.46. The number of nitrogens with one attached hydrogen (secondary N) is 1. The maximum Gasteiger partial charge on any atom is 0.244 e. The Morgan fingerprint density at radius 3 is 2.16 bits per heavy atom. The first-order chi connectivity index (χ1) is 18.0. The Balaban J connectivity index is 1.37. The number of carbonyl (C=O) groups excluding carboxylic acids is 3. The van der Waals surface area contributed by atoms with E-state index < -0.39 is 23.4 Å². The van der Waals surface area contributed by atoms with Gasteiger partial charge in [-0.1, -0.05) is 88.7 Å². The summed E-state index contributed by atoms with van der Waals surface area (Å²) in [6, 6.07) is 26.8. The van der Waals surface area contributed by atoms with Crippen LogP contribution in [0.1, 0.15) is 35.6 Å². The molecule has 0 saturated carbocycles. The molecule has 1 spiro atoms. The average Bonchev–Trinajstić information content (AvgIpc) is 3.39. The van der Waals surface area contributed by atoms with Crippen LogP contribution in [0.5, 0.6) is 0 Å². The van der Waals surface area contributed by atoms with Gasteiger partial charge in [0.2, 0.25) is 17.7 Å². The van der Waals surface area contributed by atoms with Crippen LogP contribution in [0.2, 0.25) is 0 Å². The summed E-state index contributed by atoms with van der Waals surface area (Å²) in [4.78, 5) is 45.3. The van der Waals surface area contributed by atoms with Crippen molar-refractivity contribution in [2.24, 2.45) is 11.8 Å². The van der Waals surface area contributed by atoms with E-state index in [0.717, 1.165) is 27.6 Å². The maximum absolute atomic E-state index is 14.2. The molecule has 3 aliphatic rings. The molecule has 3 amide bonds. The molecule has 6 rings (SSSR count). The lowest BCUT2D eigenvalue weighted by molar-refractivity contribution is -0.150. The molecule has 0 bridgehead atoms. The van der Waals surface area contributed by atoms with Crippen molar-refractivity contribution >= 4 is 33.7 Å². The zero-order chi connectivity index (χ0) is 25.6. The minimum absolute atomic E-state index is 0.0854. The molecule has 7 heteroatoms. The number of amides is 3. The Bertz CT molecular complexity index is 1330. The van der Waals surface area contributed by atoms with Gasteiger partial charge in [-0.25, -0.2) is 0 Å². The normalized spacial score (nSPS) is 27.3. The molecule has 0 aromatic heterocycles. The molecule has 37 heavy (non-hydrogen) atoms. The molecule has 4 atom stereocenters. The van der Waals surface area contributed by atoms with E-state index in [1.807, 2.05) is 89.8 Å². The van der Waals surface area contributed by atoms with Crippen LogP contribution in [0.4, 0.5) is 0 Å². The fourth-order valence-electron chi connectivity index (χ4n) is 6.36. The Kier molecular flexibility index (Phi) is 6.21. The van der Waals surface area contributed by atoms with Crippen LogP contribution >= 0.6 is 15.9 Å². The quantitative estimate of drug-likeness (QED) is 0.470. The summed E-state index contributed by atoms with van der Waals surface area (Å²) in [5, 5.41) is 3.58. The van der Waals surface area contributed by atoms with Crippen LogP contribution in [-0.4, -0.2) is 39.6 Å². The number of piperidine rings is 1. The molecule has 0 aliphatic carbocycles. The fraction of sp³-hybridized carbons (Fsp3) is 0.300. The highest BCUT2D eigenvalue weighted by atomic mass is 79.9. The molecule has 3 aliphatic heterocycles. The van der Waals surface area contributed by atoms with Crippen molar-refractivity contribution in [2.75, 3.05) is 6.54 Å². The van der Waals surface area contributed by atoms with Crippen LogP contribution < -0.4 is 5.32 Å². The number of hydrogen-bond acceptors (Lipinski definition) is 4. The minimum Gasteiger partial charge on any atom is -0.337 e. The van der Waals surface area contributed by atoms with Gasteiger partial charge in [0.25, 0.3) is 0 Å². The third-order valence-corrected chi connectivity index (χ3v) is 8.57. The average molecular weight is 558 g/mol. The molecule has 0 unspecified atom stereocenters. The van der Waals surface area contributed by atoms with Crippen molar-refractivity contribution in [1.29, 1.82) is 0 Å². The summed E-state index contributed by atoms with van der Waals surface area (Å²) in [7, 11) is 0. The monoisotopic (exact) mass is 557 g/mol. The van der Waals surface area contributed by atoms with Gasteiger partial charge in [-0.05, 0) is 41.7 Å². The summed E-state index contributed by atoms with van der Waals surface area (Å²) in [5.74, 6) is -1.87. The molecule has 0 radical (unpaired) electrons. The van der Waals surface area contributed by atoms with Gasteiger partial charge in [-0.15, -0.1) is 0 Å². The Morgan fingerprint density at radius 2 is 1.46 bits per heavy atom. The van der Waals surface area contributed by atoms with Crippen molar-refractivity contribution in [3.63, 3.8) is 0 Å². The van der Waals surface area contributed by atoms with Crippen LogP contribution in [-0.2, 0) is 27.5 Å². The highest BCUT2D eigenvalue weighted by molar-refractivity contribution is 9.10. The number of likely N-dealkylation sites (tertiary alicyclic amines) is 2. The van der Waals surface area contributed by atoms with E-state index in [-0.39, 0.29) is 24.3 Å². The number of benzene rings is 3. The van der Waals surface area contributed by atoms with Gasteiger partial charge in [-0.3, -0.25) is 24.6 Å². The number of imide groups is 1. The lowest BCUT2D eigenvalue weighted by Gasteiger charge is -2.42. The molecule has 6 nitrogen and oxygen atoms in total. The Morgan fingerprint density at radius 1 is 0.811 bits per heavy atom. The smallest absolute Gasteiger partial charge is 0.244 e. The number of halogens is 1. The van der Waals surface area contributed by atoms with Gasteiger partial charge in [0, 0.05) is 23.6 Å². The second-order valence-electron chi connectivity index (χ2n) is 10.2. The van der Waals surface area contributed by atoms with Crippen molar-refractivity contribution in [3.8, 4) is 0 Å². The molecular weight excluding hydrogens is 530 g/mol. The van der Waals surface area contributed by atoms with Crippen molar-refractivity contribution in [3.05, 3.63) is 106 Å². The fourth-order valence-corrected chi connectivity index (χ4v) is 6.62. The van der Waals surface area contributed by atoms with Gasteiger partial charge in [0.15, 0.2) is 0 Å². The molecule has 3 fully saturated rings. The minimum atomic E-state index is -1.10. The zero-order valence-electron chi connectivity index (χ0n) is 20.3. The van der Waals surface area contributed by atoms with Gasteiger partial charge in [0.05, 0.1) is 18.4 Å². The Hall–Kier alpha value is -3.29. The predicted molar refractivity (Wildman–Crippen MR) is 143 cm³/mol. The van der Waals surface area contributed by atoms with E-state index >= 15 is 0 Å². The molecule has 3 aromatic rings. The summed E-state index contributed by atoms with van der Waals surface area (Å²) < 4.78 is 0.984. The largest absolute Gasteiger partial charge is 0.337 e. The SMILES string of the molecule is O=C1[C@H]2[C@@H](c3ccccc3)N[C@]3(CCCN(Cc4ccc(Br)cc4)C3=O)[C@H]2C(=O)N1Cc1ccccc1. The van der Waals surface area contributed by atoms with Gasteiger partial charge < -0.3 is 4.90 Å². The van der Waals surface area contributed by atoms with Gasteiger partial charge >= 0.3 is 0 Å². The lowest BCUT2D eigenvalue weighted by Crippen LogP contribution is -2.63. The van der Waals surface area contributed by atoms with E-state index in [0.29, 0.717) is 19.5 Å². The number of hydrogen-bond donors (Lipinski definition) is 1. The third-order valence-electron chi connectivity index (χ3n) is 8.04. The van der Waals surface area contributed by atoms with E-state index in [9.17, 15) is 14.4 Å². The van der Waals surface area contributed by atoms with Crippen LogP contribution in [0.15, 0.2) is 89.4 Å². The first-order valence-corrected chi connectivity index (χ1v) is 13.5. The molecule has 1 N–H and O–H groups in total. The third kappa shape index (κ3) is 4.10. The van der Waals surface area contributed by atoms with E-state index in [1.165, 1.54) is 4.90 Å². The first-order valence-electron chi connectivity index (χ1n) is 12.7. The van der Waals surface area contributed by atoms with Gasteiger partial charge in [0.1, 0.15) is 5.54 Å². The van der Waals surface area contributed by atoms with E-state index in [1.54, 1.807) is 0 Å². The Labute approximate surface area is 224 Å². The second kappa shape index (κ2) is 9.54. The first kappa shape index (κ1) is 24.1. The molecule has 188 valence electrons. The maximum atomic E-state index is 14.2. The number of rotatable bonds is 5. The number of fused-ring (bicyclic) bond motifs is 2. The lowest BCUT2D eigenvalue weighted by atomic mass is 9.74. The van der Waals surface area contributed by atoms with Crippen LogP contribution in [0.25, 0.3) is 0 Å². The standard InChI is InChI=1S/C30H28BrN3O3/c31-23-14-12-21(13-15-23)18-33-17-7-16-30(29(33)37)25-24(26(32-30)22-10-5-2-6-11-22)27(35)34(28(25)36)19-20-8-3-1-4-9-20/h1-6,8-15,24-26,32H,7,16-19H2/t24-,25-,26-,30-/m1/s1. The van der Waals surface area contributed by atoms with Crippen molar-refractivity contribution in [2.45, 2.75) is 37.5 Å². The summed E-state index contributed by atoms with van der Waals surface area (Å²) in [6.07, 6.45) is 1.30. The zero-order valence-corrected chi connectivity index (χ0v) is 21.9.